The summed E-state index contributed by atoms with van der Waals surface area (Å²) >= 11 is 1.60. The summed E-state index contributed by atoms with van der Waals surface area (Å²) in [7, 11) is 3.28. The molecule has 0 atom stereocenters. The summed E-state index contributed by atoms with van der Waals surface area (Å²) in [6.07, 6.45) is 2.00. The fraction of sp³-hybridized carbons (Fsp3) is 0.273. The van der Waals surface area contributed by atoms with Crippen LogP contribution in [0.4, 0.5) is 5.69 Å². The van der Waals surface area contributed by atoms with Gasteiger partial charge in [0.05, 0.1) is 19.3 Å². The van der Waals surface area contributed by atoms with Gasteiger partial charge in [-0.1, -0.05) is 18.2 Å². The molecule has 1 aromatic heterocycles. The summed E-state index contributed by atoms with van der Waals surface area (Å²) in [5.74, 6) is 1.11. The first-order valence-corrected chi connectivity index (χ1v) is 10.4. The lowest BCUT2D eigenvalue weighted by atomic mass is 10.1. The van der Waals surface area contributed by atoms with Gasteiger partial charge < -0.3 is 20.1 Å². The minimum Gasteiger partial charge on any atom is -0.494 e. The lowest BCUT2D eigenvalue weighted by Gasteiger charge is -2.23. The molecule has 0 radical (unpaired) electrons. The number of hydrogen-bond donors (Lipinski definition) is 1. The Labute approximate surface area is 175 Å². The number of aryl methyl sites for hydroxylation is 1. The number of anilines is 1. The largest absolute Gasteiger partial charge is 0.494 e. The Bertz CT molecular complexity index is 1040. The summed E-state index contributed by atoms with van der Waals surface area (Å²) in [5.41, 5.74) is 8.81. The van der Waals surface area contributed by atoms with Crippen molar-refractivity contribution in [3.63, 3.8) is 0 Å². The van der Waals surface area contributed by atoms with Crippen LogP contribution in [0.15, 0.2) is 47.4 Å². The number of rotatable bonds is 7. The zero-order valence-corrected chi connectivity index (χ0v) is 17.9. The topological polar surface area (TPSA) is 77.7 Å². The average molecular weight is 412 g/mol. The van der Waals surface area contributed by atoms with Gasteiger partial charge >= 0.3 is 0 Å². The first kappa shape index (κ1) is 21.0. The number of likely N-dealkylation sites (N-methyl/N-ethyl adjacent to an activating group) is 1. The maximum Gasteiger partial charge on any atom is 0.240 e. The number of nitrogens with zero attached hydrogens (tertiary/aromatic N) is 2. The van der Waals surface area contributed by atoms with E-state index in [9.17, 15) is 4.79 Å². The van der Waals surface area contributed by atoms with Crippen molar-refractivity contribution in [3.05, 3.63) is 53.7 Å². The Morgan fingerprint density at radius 3 is 2.69 bits per heavy atom. The molecule has 0 aliphatic heterocycles. The molecule has 0 fully saturated rings. The van der Waals surface area contributed by atoms with Crippen molar-refractivity contribution in [3.8, 4) is 11.5 Å². The molecule has 2 N–H and O–H groups in total. The monoisotopic (exact) mass is 411 g/mol. The van der Waals surface area contributed by atoms with E-state index in [0.29, 0.717) is 17.2 Å². The van der Waals surface area contributed by atoms with Crippen molar-refractivity contribution in [2.24, 2.45) is 5.73 Å². The first-order chi connectivity index (χ1) is 14.0. The number of pyridine rings is 1. The second-order valence-corrected chi connectivity index (χ2v) is 7.37. The molecular weight excluding hydrogens is 386 g/mol. The van der Waals surface area contributed by atoms with Crippen LogP contribution in [0.2, 0.25) is 0 Å². The van der Waals surface area contributed by atoms with Gasteiger partial charge in [-0.05, 0) is 37.4 Å². The molecular formula is C22H25N3O3S. The van der Waals surface area contributed by atoms with Crippen LogP contribution in [0.3, 0.4) is 0 Å². The molecule has 6 nitrogen and oxygen atoms in total. The lowest BCUT2D eigenvalue weighted by Crippen LogP contribution is -2.32. The maximum absolute atomic E-state index is 12.1. The van der Waals surface area contributed by atoms with Crippen molar-refractivity contribution in [1.29, 1.82) is 0 Å². The van der Waals surface area contributed by atoms with E-state index in [1.807, 2.05) is 55.6 Å². The smallest absolute Gasteiger partial charge is 0.240 e. The highest BCUT2D eigenvalue weighted by molar-refractivity contribution is 7.98. The Balaban J connectivity index is 2.00. The molecule has 152 valence electrons. The van der Waals surface area contributed by atoms with E-state index < -0.39 is 0 Å². The number of benzene rings is 2. The Hall–Kier alpha value is -2.77. The van der Waals surface area contributed by atoms with Gasteiger partial charge in [-0.25, -0.2) is 4.98 Å². The van der Waals surface area contributed by atoms with Crippen molar-refractivity contribution >= 4 is 34.3 Å². The number of carbonyl (C=O) groups is 1. The van der Waals surface area contributed by atoms with Crippen LogP contribution in [0, 0.1) is 6.92 Å². The number of nitrogens with two attached hydrogens (primary N) is 1. The third-order valence-corrected chi connectivity index (χ3v) is 5.55. The molecule has 0 saturated heterocycles. The third-order valence-electron chi connectivity index (χ3n) is 4.73. The van der Waals surface area contributed by atoms with Gasteiger partial charge in [-0.15, -0.1) is 11.8 Å². The quantitative estimate of drug-likeness (QED) is 0.596. The number of methoxy groups -OCH3 is 1. The van der Waals surface area contributed by atoms with E-state index in [4.69, 9.17) is 15.2 Å². The molecule has 3 rings (SSSR count). The number of ether oxygens (including phenoxy) is 2. The van der Waals surface area contributed by atoms with Gasteiger partial charge in [-0.2, -0.15) is 0 Å². The molecule has 1 amide bonds. The summed E-state index contributed by atoms with van der Waals surface area (Å²) in [5, 5.41) is 1.02. The molecule has 0 aliphatic carbocycles. The van der Waals surface area contributed by atoms with E-state index in [1.165, 1.54) is 4.90 Å². The molecule has 3 aromatic rings. The third kappa shape index (κ3) is 4.31. The number of thioether (sulfide) groups is 1. The highest BCUT2D eigenvalue weighted by atomic mass is 32.2. The molecule has 0 spiro atoms. The minimum absolute atomic E-state index is 0.0726. The van der Waals surface area contributed by atoms with E-state index in [0.717, 1.165) is 27.1 Å². The molecule has 1 heterocycles. The van der Waals surface area contributed by atoms with E-state index in [2.05, 4.69) is 4.98 Å². The van der Waals surface area contributed by atoms with Crippen LogP contribution < -0.4 is 20.1 Å². The molecule has 0 aliphatic rings. The molecule has 29 heavy (non-hydrogen) atoms. The van der Waals surface area contributed by atoms with Crippen molar-refractivity contribution in [2.75, 3.05) is 31.9 Å². The minimum atomic E-state index is -0.194. The number of hydrogen-bond acceptors (Lipinski definition) is 6. The molecule has 7 heteroatoms. The van der Waals surface area contributed by atoms with Crippen molar-refractivity contribution in [1.82, 2.24) is 4.98 Å². The van der Waals surface area contributed by atoms with Crippen molar-refractivity contribution in [2.45, 2.75) is 18.4 Å². The highest BCUT2D eigenvalue weighted by Gasteiger charge is 2.20. The van der Waals surface area contributed by atoms with Crippen LogP contribution >= 0.6 is 11.8 Å². The van der Waals surface area contributed by atoms with E-state index in [-0.39, 0.29) is 19.1 Å². The maximum atomic E-state index is 12.1. The standard InChI is InChI=1S/C22H25N3O3S/c1-14-8-9-15-6-5-7-18(21(15)24-14)28-13-16-19(29-4)11-10-17(22(16)27-3)25(2)20(26)12-23/h5-11H,12-13,23H2,1-4H3. The van der Waals surface area contributed by atoms with Crippen molar-refractivity contribution < 1.29 is 14.3 Å². The number of aromatic nitrogens is 1. The number of amides is 1. The molecule has 0 bridgehead atoms. The predicted molar refractivity (Wildman–Crippen MR) is 118 cm³/mol. The van der Waals surface area contributed by atoms with Crippen LogP contribution in [0.5, 0.6) is 11.5 Å². The Kier molecular flexibility index (Phi) is 6.61. The van der Waals surface area contributed by atoms with Gasteiger partial charge in [-0.3, -0.25) is 4.79 Å². The van der Waals surface area contributed by atoms with Crippen LogP contribution in [0.1, 0.15) is 11.3 Å². The second kappa shape index (κ2) is 9.15. The zero-order valence-electron chi connectivity index (χ0n) is 17.1. The van der Waals surface area contributed by atoms with Crippen LogP contribution in [-0.4, -0.2) is 37.8 Å². The first-order valence-electron chi connectivity index (χ1n) is 9.19. The number of fused-ring (bicyclic) bond motifs is 1. The Morgan fingerprint density at radius 2 is 2.00 bits per heavy atom. The Morgan fingerprint density at radius 1 is 1.21 bits per heavy atom. The SMILES string of the molecule is COc1c(N(C)C(=O)CN)ccc(SC)c1COc1cccc2ccc(C)nc12. The lowest BCUT2D eigenvalue weighted by molar-refractivity contribution is -0.117. The molecule has 0 saturated carbocycles. The van der Waals surface area contributed by atoms with Gasteiger partial charge in [0.25, 0.3) is 0 Å². The van der Waals surface area contributed by atoms with E-state index >= 15 is 0 Å². The van der Waals surface area contributed by atoms with E-state index in [1.54, 1.807) is 25.9 Å². The summed E-state index contributed by atoms with van der Waals surface area (Å²) in [6, 6.07) is 13.7. The molecule has 2 aromatic carbocycles. The normalized spacial score (nSPS) is 10.8. The highest BCUT2D eigenvalue weighted by Crippen LogP contribution is 2.38. The van der Waals surface area contributed by atoms with Gasteiger partial charge in [0.15, 0.2) is 0 Å². The van der Waals surface area contributed by atoms with Crippen LogP contribution in [0.25, 0.3) is 10.9 Å². The fourth-order valence-electron chi connectivity index (χ4n) is 3.17. The summed E-state index contributed by atoms with van der Waals surface area (Å²) < 4.78 is 11.9. The fourth-order valence-corrected chi connectivity index (χ4v) is 3.77. The van der Waals surface area contributed by atoms with Gasteiger partial charge in [0.1, 0.15) is 23.6 Å². The number of para-hydroxylation sites is 1. The average Bonchev–Trinajstić information content (AvgIpc) is 2.75. The number of carbonyl (C=O) groups excluding carboxylic acids is 1. The second-order valence-electron chi connectivity index (χ2n) is 6.52. The van der Waals surface area contributed by atoms with Gasteiger partial charge in [0.2, 0.25) is 5.91 Å². The van der Waals surface area contributed by atoms with Crippen LogP contribution in [-0.2, 0) is 11.4 Å². The van der Waals surface area contributed by atoms with Gasteiger partial charge in [0, 0.05) is 28.6 Å². The molecule has 0 unspecified atom stereocenters. The zero-order chi connectivity index (χ0) is 21.0. The predicted octanol–water partition coefficient (Wildman–Crippen LogP) is 3.77. The summed E-state index contributed by atoms with van der Waals surface area (Å²) in [6.45, 7) is 2.17. The summed E-state index contributed by atoms with van der Waals surface area (Å²) in [4.78, 5) is 19.3.